The van der Waals surface area contributed by atoms with Gasteiger partial charge in [0.2, 0.25) is 0 Å². The van der Waals surface area contributed by atoms with Crippen LogP contribution in [0.25, 0.3) is 0 Å². The molecule has 2 aliphatic heterocycles. The van der Waals surface area contributed by atoms with E-state index in [2.05, 4.69) is 64.0 Å². The summed E-state index contributed by atoms with van der Waals surface area (Å²) in [4.78, 5) is 17.2. The lowest BCUT2D eigenvalue weighted by atomic mass is 10.2. The van der Waals surface area contributed by atoms with Crippen LogP contribution in [0.3, 0.4) is 0 Å². The fourth-order valence-electron chi connectivity index (χ4n) is 4.19. The fourth-order valence-corrected chi connectivity index (χ4v) is 5.26. The van der Waals surface area contributed by atoms with Crippen molar-refractivity contribution < 1.29 is 0 Å². The van der Waals surface area contributed by atoms with Crippen molar-refractivity contribution >= 4 is 23.3 Å². The summed E-state index contributed by atoms with van der Waals surface area (Å²) in [5.74, 6) is 1.11. The monoisotopic (exact) mass is 411 g/mol. The second-order valence-corrected chi connectivity index (χ2v) is 9.32. The topological polar surface area (TPSA) is 25.9 Å². The lowest BCUT2D eigenvalue weighted by Gasteiger charge is -2.36. The van der Waals surface area contributed by atoms with Crippen molar-refractivity contribution in [2.24, 2.45) is 0 Å². The zero-order valence-corrected chi connectivity index (χ0v) is 18.6. The number of para-hydroxylation sites is 1. The van der Waals surface area contributed by atoms with Crippen LogP contribution in [0.1, 0.15) is 12.8 Å². The molecule has 6 heteroatoms. The minimum atomic E-state index is 1.02. The molecule has 156 valence electrons. The number of anilines is 2. The maximum atomic E-state index is 4.70. The largest absolute Gasteiger partial charge is 0.324 e. The normalized spacial score (nSPS) is 17.4. The minimum Gasteiger partial charge on any atom is -0.324 e. The summed E-state index contributed by atoms with van der Waals surface area (Å²) in [6.45, 7) is 9.42. The van der Waals surface area contributed by atoms with Crippen LogP contribution >= 0.6 is 11.8 Å². The van der Waals surface area contributed by atoms with Gasteiger partial charge in [-0.3, -0.25) is 0 Å². The molecule has 3 heterocycles. The first-order chi connectivity index (χ1) is 14.2. The van der Waals surface area contributed by atoms with Gasteiger partial charge in [-0.05, 0) is 70.8 Å². The second kappa shape index (κ2) is 9.94. The SMILES string of the molecule is CN(C)CCCN1CCN(CCCN2c3ccccc3Sc3cccnc32)CC1. The highest BCUT2D eigenvalue weighted by atomic mass is 32.2. The first-order valence-electron chi connectivity index (χ1n) is 10.8. The smallest absolute Gasteiger partial charge is 0.147 e. The van der Waals surface area contributed by atoms with Crippen LogP contribution in [0.2, 0.25) is 0 Å². The highest BCUT2D eigenvalue weighted by Gasteiger charge is 2.24. The number of nitrogens with zero attached hydrogens (tertiary/aromatic N) is 5. The van der Waals surface area contributed by atoms with Gasteiger partial charge in [0.05, 0.1) is 10.6 Å². The van der Waals surface area contributed by atoms with Crippen LogP contribution in [0.15, 0.2) is 52.4 Å². The molecular weight excluding hydrogens is 378 g/mol. The fraction of sp³-hybridized carbons (Fsp3) is 0.522. The Balaban J connectivity index is 1.28. The Morgan fingerprint density at radius 2 is 1.55 bits per heavy atom. The predicted octanol–water partition coefficient (Wildman–Crippen LogP) is 3.64. The van der Waals surface area contributed by atoms with Gasteiger partial charge in [-0.25, -0.2) is 4.98 Å². The van der Waals surface area contributed by atoms with Gasteiger partial charge < -0.3 is 19.6 Å². The average Bonchev–Trinajstić information content (AvgIpc) is 2.74. The molecule has 0 saturated carbocycles. The van der Waals surface area contributed by atoms with Crippen molar-refractivity contribution in [1.82, 2.24) is 19.7 Å². The first-order valence-corrected chi connectivity index (χ1v) is 11.6. The molecule has 1 fully saturated rings. The van der Waals surface area contributed by atoms with Crippen molar-refractivity contribution in [3.8, 4) is 0 Å². The number of benzene rings is 1. The van der Waals surface area contributed by atoms with E-state index in [1.54, 1.807) is 0 Å². The molecular formula is C23H33N5S. The quantitative estimate of drug-likeness (QED) is 0.658. The van der Waals surface area contributed by atoms with Crippen molar-refractivity contribution in [2.45, 2.75) is 22.6 Å². The van der Waals surface area contributed by atoms with Gasteiger partial charge in [0, 0.05) is 43.8 Å². The van der Waals surface area contributed by atoms with Gasteiger partial charge >= 0.3 is 0 Å². The number of pyridine rings is 1. The zero-order valence-electron chi connectivity index (χ0n) is 17.8. The van der Waals surface area contributed by atoms with Gasteiger partial charge in [-0.2, -0.15) is 0 Å². The summed E-state index contributed by atoms with van der Waals surface area (Å²) >= 11 is 1.83. The molecule has 1 saturated heterocycles. The lowest BCUT2D eigenvalue weighted by Crippen LogP contribution is -2.47. The zero-order chi connectivity index (χ0) is 20.1. The molecule has 0 spiro atoms. The van der Waals surface area contributed by atoms with E-state index in [4.69, 9.17) is 4.98 Å². The molecule has 0 unspecified atom stereocenters. The summed E-state index contributed by atoms with van der Waals surface area (Å²) in [7, 11) is 4.32. The van der Waals surface area contributed by atoms with Crippen molar-refractivity contribution in [1.29, 1.82) is 0 Å². The third-order valence-corrected chi connectivity index (χ3v) is 6.89. The molecule has 0 amide bonds. The third kappa shape index (κ3) is 5.31. The highest BCUT2D eigenvalue weighted by molar-refractivity contribution is 7.99. The molecule has 0 bridgehead atoms. The summed E-state index contributed by atoms with van der Waals surface area (Å²) < 4.78 is 0. The third-order valence-electron chi connectivity index (χ3n) is 5.78. The van der Waals surface area contributed by atoms with Crippen LogP contribution in [0.4, 0.5) is 11.5 Å². The maximum Gasteiger partial charge on any atom is 0.147 e. The molecule has 2 aliphatic rings. The molecule has 0 N–H and O–H groups in total. The Labute approximate surface area is 179 Å². The summed E-state index contributed by atoms with van der Waals surface area (Å²) in [5.41, 5.74) is 1.30. The number of piperazine rings is 1. The van der Waals surface area contributed by atoms with Gasteiger partial charge in [0.15, 0.2) is 0 Å². The molecule has 1 aromatic heterocycles. The van der Waals surface area contributed by atoms with Crippen molar-refractivity contribution in [3.63, 3.8) is 0 Å². The molecule has 29 heavy (non-hydrogen) atoms. The van der Waals surface area contributed by atoms with E-state index in [-0.39, 0.29) is 0 Å². The van der Waals surface area contributed by atoms with Gasteiger partial charge in [0.25, 0.3) is 0 Å². The second-order valence-electron chi connectivity index (χ2n) is 8.24. The highest BCUT2D eigenvalue weighted by Crippen LogP contribution is 2.46. The van der Waals surface area contributed by atoms with E-state index >= 15 is 0 Å². The number of rotatable bonds is 8. The standard InChI is InChI=1S/C23H33N5S/c1-25(2)12-6-13-26-16-18-27(19-17-26)14-7-15-28-20-8-3-4-9-21(20)29-22-10-5-11-24-23(22)28/h3-5,8-11H,6-7,12-19H2,1-2H3. The van der Waals surface area contributed by atoms with E-state index in [0.717, 1.165) is 18.8 Å². The Morgan fingerprint density at radius 3 is 2.31 bits per heavy atom. The van der Waals surface area contributed by atoms with E-state index in [9.17, 15) is 0 Å². The summed E-state index contributed by atoms with van der Waals surface area (Å²) in [5, 5.41) is 0. The van der Waals surface area contributed by atoms with Crippen LogP contribution < -0.4 is 4.90 Å². The molecule has 0 aliphatic carbocycles. The Bertz CT molecular complexity index is 743. The Kier molecular flexibility index (Phi) is 7.08. The molecule has 1 aromatic carbocycles. The average molecular weight is 412 g/mol. The first kappa shape index (κ1) is 20.7. The van der Waals surface area contributed by atoms with Gasteiger partial charge in [-0.15, -0.1) is 0 Å². The van der Waals surface area contributed by atoms with Gasteiger partial charge in [-0.1, -0.05) is 23.9 Å². The van der Waals surface area contributed by atoms with Crippen LogP contribution in [-0.4, -0.2) is 86.1 Å². The summed E-state index contributed by atoms with van der Waals surface area (Å²) in [6.07, 6.45) is 4.34. The van der Waals surface area contributed by atoms with Gasteiger partial charge in [0.1, 0.15) is 5.82 Å². The summed E-state index contributed by atoms with van der Waals surface area (Å²) in [6, 6.07) is 12.9. The number of hydrogen-bond donors (Lipinski definition) is 0. The molecule has 2 aromatic rings. The van der Waals surface area contributed by atoms with Crippen molar-refractivity contribution in [2.75, 3.05) is 71.4 Å². The van der Waals surface area contributed by atoms with E-state index in [1.807, 2.05) is 24.0 Å². The van der Waals surface area contributed by atoms with Crippen LogP contribution in [-0.2, 0) is 0 Å². The van der Waals surface area contributed by atoms with Crippen LogP contribution in [0.5, 0.6) is 0 Å². The van der Waals surface area contributed by atoms with E-state index in [0.29, 0.717) is 0 Å². The van der Waals surface area contributed by atoms with E-state index in [1.165, 1.54) is 67.7 Å². The molecule has 4 rings (SSSR count). The number of hydrogen-bond acceptors (Lipinski definition) is 6. The minimum absolute atomic E-state index is 1.02. The number of aromatic nitrogens is 1. The van der Waals surface area contributed by atoms with Crippen molar-refractivity contribution in [3.05, 3.63) is 42.6 Å². The maximum absolute atomic E-state index is 4.70. The van der Waals surface area contributed by atoms with Crippen LogP contribution in [0, 0.1) is 0 Å². The number of fused-ring (bicyclic) bond motifs is 2. The molecule has 0 atom stereocenters. The Morgan fingerprint density at radius 1 is 0.862 bits per heavy atom. The molecule has 5 nitrogen and oxygen atoms in total. The predicted molar refractivity (Wildman–Crippen MR) is 122 cm³/mol. The lowest BCUT2D eigenvalue weighted by molar-refractivity contribution is 0.128. The Hall–Kier alpha value is -1.60. The van der Waals surface area contributed by atoms with E-state index < -0.39 is 0 Å². The molecule has 0 radical (unpaired) electrons.